The Morgan fingerprint density at radius 1 is 1.28 bits per heavy atom. The third-order valence-electron chi connectivity index (χ3n) is 2.71. The Hall–Kier alpha value is -1.66. The summed E-state index contributed by atoms with van der Waals surface area (Å²) in [6, 6.07) is 6.83. The molecule has 0 atom stereocenters. The van der Waals surface area contributed by atoms with Crippen molar-refractivity contribution in [2.45, 2.75) is 18.0 Å². The molecule has 2 rings (SSSR count). The zero-order chi connectivity index (χ0) is 13.2. The molecule has 6 heteroatoms. The van der Waals surface area contributed by atoms with E-state index in [4.69, 9.17) is 5.73 Å². The quantitative estimate of drug-likeness (QED) is 0.886. The average molecular weight is 265 g/mol. The number of benzene rings is 1. The molecule has 0 spiro atoms. The monoisotopic (exact) mass is 265 g/mol. The molecule has 1 heterocycles. The maximum Gasteiger partial charge on any atom is 0.175 e. The number of hydrogen-bond donors (Lipinski definition) is 1. The van der Waals surface area contributed by atoms with Crippen molar-refractivity contribution in [1.82, 2.24) is 9.55 Å². The van der Waals surface area contributed by atoms with Crippen LogP contribution in [0.2, 0.25) is 0 Å². The Morgan fingerprint density at radius 3 is 2.50 bits per heavy atom. The van der Waals surface area contributed by atoms with E-state index in [2.05, 4.69) is 4.98 Å². The first-order valence-corrected chi connectivity index (χ1v) is 7.38. The fourth-order valence-electron chi connectivity index (χ4n) is 1.70. The highest BCUT2D eigenvalue weighted by molar-refractivity contribution is 7.90. The Labute approximate surface area is 106 Å². The lowest BCUT2D eigenvalue weighted by molar-refractivity contribution is 0.602. The normalized spacial score (nSPS) is 11.7. The molecule has 0 saturated carbocycles. The highest BCUT2D eigenvalue weighted by atomic mass is 32.2. The van der Waals surface area contributed by atoms with Gasteiger partial charge in [-0.25, -0.2) is 13.4 Å². The van der Waals surface area contributed by atoms with Gasteiger partial charge >= 0.3 is 0 Å². The molecular formula is C12H15N3O2S. The second kappa shape index (κ2) is 4.91. The molecule has 96 valence electrons. The van der Waals surface area contributed by atoms with E-state index in [0.29, 0.717) is 18.0 Å². The van der Waals surface area contributed by atoms with E-state index in [0.717, 1.165) is 11.3 Å². The summed E-state index contributed by atoms with van der Waals surface area (Å²) in [4.78, 5) is 4.36. The van der Waals surface area contributed by atoms with Crippen molar-refractivity contribution in [1.29, 1.82) is 0 Å². The molecule has 0 bridgehead atoms. The van der Waals surface area contributed by atoms with Gasteiger partial charge in [0.2, 0.25) is 0 Å². The zero-order valence-electron chi connectivity index (χ0n) is 10.1. The van der Waals surface area contributed by atoms with Gasteiger partial charge in [-0.3, -0.25) is 0 Å². The minimum atomic E-state index is -3.13. The molecule has 5 nitrogen and oxygen atoms in total. The summed E-state index contributed by atoms with van der Waals surface area (Å²) in [7, 11) is -3.13. The maximum atomic E-state index is 11.3. The van der Waals surface area contributed by atoms with Gasteiger partial charge in [-0.2, -0.15) is 0 Å². The lowest BCUT2D eigenvalue weighted by atomic mass is 10.2. The number of nitrogens with zero attached hydrogens (tertiary/aromatic N) is 2. The fourth-order valence-corrected chi connectivity index (χ4v) is 2.33. The molecule has 0 unspecified atom stereocenters. The van der Waals surface area contributed by atoms with Gasteiger partial charge in [-0.05, 0) is 17.7 Å². The van der Waals surface area contributed by atoms with Crippen LogP contribution in [0.1, 0.15) is 11.3 Å². The van der Waals surface area contributed by atoms with Crippen LogP contribution < -0.4 is 5.73 Å². The van der Waals surface area contributed by atoms with Gasteiger partial charge in [0.1, 0.15) is 0 Å². The summed E-state index contributed by atoms with van der Waals surface area (Å²) < 4.78 is 24.6. The van der Waals surface area contributed by atoms with Crippen LogP contribution in [0.3, 0.4) is 0 Å². The predicted octanol–water partition coefficient (Wildman–Crippen LogP) is 0.794. The first kappa shape index (κ1) is 12.8. The largest absolute Gasteiger partial charge is 0.329 e. The van der Waals surface area contributed by atoms with E-state index in [1.807, 2.05) is 4.57 Å². The minimum absolute atomic E-state index is 0.330. The van der Waals surface area contributed by atoms with E-state index < -0.39 is 9.84 Å². The van der Waals surface area contributed by atoms with Crippen LogP contribution in [-0.4, -0.2) is 24.2 Å². The van der Waals surface area contributed by atoms with Crippen molar-refractivity contribution < 1.29 is 8.42 Å². The van der Waals surface area contributed by atoms with Crippen molar-refractivity contribution >= 4 is 9.84 Å². The van der Waals surface area contributed by atoms with Gasteiger partial charge in [0.25, 0.3) is 0 Å². The molecule has 1 aromatic heterocycles. The van der Waals surface area contributed by atoms with Crippen LogP contribution in [-0.2, 0) is 22.9 Å². The second-order valence-corrected chi connectivity index (χ2v) is 6.15. The lowest BCUT2D eigenvalue weighted by Gasteiger charge is -2.07. The Kier molecular flexibility index (Phi) is 3.49. The van der Waals surface area contributed by atoms with Gasteiger partial charge in [0.05, 0.1) is 16.9 Å². The van der Waals surface area contributed by atoms with Crippen LogP contribution in [0, 0.1) is 0 Å². The van der Waals surface area contributed by atoms with Gasteiger partial charge in [-0.15, -0.1) is 0 Å². The molecule has 0 aliphatic carbocycles. The maximum absolute atomic E-state index is 11.3. The van der Waals surface area contributed by atoms with Crippen LogP contribution in [0.5, 0.6) is 0 Å². The average Bonchev–Trinajstić information content (AvgIpc) is 2.76. The van der Waals surface area contributed by atoms with E-state index in [1.165, 1.54) is 6.26 Å². The van der Waals surface area contributed by atoms with Gasteiger partial charge < -0.3 is 10.3 Å². The minimum Gasteiger partial charge on any atom is -0.329 e. The molecule has 0 saturated heterocycles. The summed E-state index contributed by atoms with van der Waals surface area (Å²) in [6.45, 7) is 1.07. The van der Waals surface area contributed by atoms with Crippen LogP contribution in [0.15, 0.2) is 41.7 Å². The molecule has 0 aliphatic heterocycles. The molecule has 1 aromatic carbocycles. The van der Waals surface area contributed by atoms with Crippen LogP contribution >= 0.6 is 0 Å². The van der Waals surface area contributed by atoms with Crippen molar-refractivity contribution in [2.24, 2.45) is 5.73 Å². The Balaban J connectivity index is 2.21. The van der Waals surface area contributed by atoms with Gasteiger partial charge in [0, 0.05) is 25.5 Å². The topological polar surface area (TPSA) is 78.0 Å². The number of sulfone groups is 1. The molecule has 0 fully saturated rings. The summed E-state index contributed by atoms with van der Waals surface area (Å²) in [5.41, 5.74) is 7.55. The van der Waals surface area contributed by atoms with Crippen molar-refractivity contribution in [3.05, 3.63) is 48.0 Å². The molecule has 2 N–H and O–H groups in total. The van der Waals surface area contributed by atoms with Crippen molar-refractivity contribution in [2.75, 3.05) is 6.26 Å². The number of hydrogen-bond acceptors (Lipinski definition) is 4. The number of rotatable bonds is 4. The SMILES string of the molecule is CS(=O)(=O)c1ccc(Cn2cncc2CN)cc1. The number of aromatic nitrogens is 2. The molecule has 0 amide bonds. The van der Waals surface area contributed by atoms with E-state index in [1.54, 1.807) is 36.8 Å². The number of nitrogens with two attached hydrogens (primary N) is 1. The lowest BCUT2D eigenvalue weighted by Crippen LogP contribution is -2.07. The van der Waals surface area contributed by atoms with E-state index >= 15 is 0 Å². The molecule has 0 aliphatic rings. The molecular weight excluding hydrogens is 250 g/mol. The Morgan fingerprint density at radius 2 is 1.94 bits per heavy atom. The first-order chi connectivity index (χ1) is 8.50. The third-order valence-corrected chi connectivity index (χ3v) is 3.84. The third kappa shape index (κ3) is 2.77. The summed E-state index contributed by atoms with van der Waals surface area (Å²) in [5.74, 6) is 0. The second-order valence-electron chi connectivity index (χ2n) is 4.13. The van der Waals surface area contributed by atoms with Crippen LogP contribution in [0.4, 0.5) is 0 Å². The first-order valence-electron chi connectivity index (χ1n) is 5.49. The predicted molar refractivity (Wildman–Crippen MR) is 68.8 cm³/mol. The molecule has 2 aromatic rings. The highest BCUT2D eigenvalue weighted by Gasteiger charge is 2.07. The summed E-state index contributed by atoms with van der Waals surface area (Å²) in [5, 5.41) is 0. The van der Waals surface area contributed by atoms with Gasteiger partial charge in [-0.1, -0.05) is 12.1 Å². The van der Waals surface area contributed by atoms with Crippen LogP contribution in [0.25, 0.3) is 0 Å². The van der Waals surface area contributed by atoms with Crippen molar-refractivity contribution in [3.63, 3.8) is 0 Å². The smallest absolute Gasteiger partial charge is 0.175 e. The number of imidazole rings is 1. The molecule has 18 heavy (non-hydrogen) atoms. The van der Waals surface area contributed by atoms with E-state index in [9.17, 15) is 8.42 Å². The van der Waals surface area contributed by atoms with Crippen molar-refractivity contribution in [3.8, 4) is 0 Å². The zero-order valence-corrected chi connectivity index (χ0v) is 10.9. The van der Waals surface area contributed by atoms with Gasteiger partial charge in [0.15, 0.2) is 9.84 Å². The molecule has 0 radical (unpaired) electrons. The summed E-state index contributed by atoms with van der Waals surface area (Å²) >= 11 is 0. The standard InChI is InChI=1S/C12H15N3O2S/c1-18(16,17)12-4-2-10(3-5-12)8-15-9-14-7-11(15)6-13/h2-5,7,9H,6,8,13H2,1H3. The highest BCUT2D eigenvalue weighted by Crippen LogP contribution is 2.12. The fraction of sp³-hybridized carbons (Fsp3) is 0.250. The Bertz CT molecular complexity index is 630. The van der Waals surface area contributed by atoms with E-state index in [-0.39, 0.29) is 0 Å². The summed E-state index contributed by atoms with van der Waals surface area (Å²) in [6.07, 6.45) is 4.64.